The van der Waals surface area contributed by atoms with Gasteiger partial charge in [0.1, 0.15) is 18.5 Å². The molecule has 4 N–H and O–H groups in total. The first-order valence-corrected chi connectivity index (χ1v) is 9.40. The van der Waals surface area contributed by atoms with Crippen LogP contribution in [0, 0.1) is 17.2 Å². The van der Waals surface area contributed by atoms with E-state index in [4.69, 9.17) is 25.0 Å². The van der Waals surface area contributed by atoms with Crippen LogP contribution in [0.1, 0.15) is 24.2 Å². The molecule has 0 radical (unpaired) electrons. The Labute approximate surface area is 179 Å². The third-order valence-corrected chi connectivity index (χ3v) is 4.20. The maximum absolute atomic E-state index is 12.5. The summed E-state index contributed by atoms with van der Waals surface area (Å²) in [6.07, 6.45) is 1.16. The molecule has 0 unspecified atom stereocenters. The van der Waals surface area contributed by atoms with Gasteiger partial charge < -0.3 is 14.6 Å². The number of aliphatic hydroxyl groups is 1. The second-order valence-corrected chi connectivity index (χ2v) is 6.48. The van der Waals surface area contributed by atoms with E-state index in [0.717, 1.165) is 6.08 Å². The van der Waals surface area contributed by atoms with Crippen molar-refractivity contribution >= 4 is 17.7 Å². The van der Waals surface area contributed by atoms with Crippen molar-refractivity contribution < 1.29 is 29.4 Å². The summed E-state index contributed by atoms with van der Waals surface area (Å²) in [5.74, 6) is -0.588. The molecule has 0 heterocycles. The Morgan fingerprint density at radius 1 is 1.16 bits per heavy atom. The van der Waals surface area contributed by atoms with E-state index in [-0.39, 0.29) is 13.2 Å². The SMILES string of the molecule is C[C@H](/C=C/C(=O)NO)[C@@H](OC(=O)Nc1ccc(C#N)cc1)c1ccc(OCCO)cc1. The van der Waals surface area contributed by atoms with Crippen LogP contribution < -0.4 is 15.5 Å². The van der Waals surface area contributed by atoms with Crippen LogP contribution in [0.15, 0.2) is 60.7 Å². The number of ether oxygens (including phenoxy) is 2. The molecular formula is C22H23N3O6. The third-order valence-electron chi connectivity index (χ3n) is 4.20. The minimum absolute atomic E-state index is 0.113. The molecule has 0 saturated heterocycles. The van der Waals surface area contributed by atoms with E-state index < -0.39 is 24.0 Å². The average Bonchev–Trinajstić information content (AvgIpc) is 2.80. The van der Waals surface area contributed by atoms with E-state index in [1.54, 1.807) is 55.5 Å². The van der Waals surface area contributed by atoms with Gasteiger partial charge in [-0.25, -0.2) is 10.3 Å². The molecule has 2 atom stereocenters. The molecule has 31 heavy (non-hydrogen) atoms. The lowest BCUT2D eigenvalue weighted by molar-refractivity contribution is -0.124. The second-order valence-electron chi connectivity index (χ2n) is 6.48. The standard InChI is InChI=1S/C22H23N3O6/c1-15(2-11-20(27)25-29)21(17-5-9-19(10-6-17)30-13-12-26)31-22(28)24-18-7-3-16(14-23)4-8-18/h2-11,15,21,26,29H,12-13H2,1H3,(H,24,28)(H,25,27)/b11-2+/t15-,21-/m1/s1. The molecule has 0 spiro atoms. The number of amides is 2. The van der Waals surface area contributed by atoms with Crippen molar-refractivity contribution in [3.8, 4) is 11.8 Å². The van der Waals surface area contributed by atoms with Gasteiger partial charge in [-0.3, -0.25) is 15.3 Å². The summed E-state index contributed by atoms with van der Waals surface area (Å²) in [6.45, 7) is 1.79. The Morgan fingerprint density at radius 3 is 2.42 bits per heavy atom. The maximum Gasteiger partial charge on any atom is 0.412 e. The van der Waals surface area contributed by atoms with Gasteiger partial charge in [-0.05, 0) is 42.0 Å². The van der Waals surface area contributed by atoms with Gasteiger partial charge in [-0.2, -0.15) is 5.26 Å². The summed E-state index contributed by atoms with van der Waals surface area (Å²) in [5.41, 5.74) is 3.07. The first kappa shape index (κ1) is 23.4. The van der Waals surface area contributed by atoms with E-state index in [0.29, 0.717) is 22.6 Å². The smallest absolute Gasteiger partial charge is 0.412 e. The molecule has 2 aromatic carbocycles. The molecular weight excluding hydrogens is 402 g/mol. The van der Waals surface area contributed by atoms with Gasteiger partial charge in [0.05, 0.1) is 18.2 Å². The van der Waals surface area contributed by atoms with Crippen molar-refractivity contribution in [2.24, 2.45) is 5.92 Å². The molecule has 2 aromatic rings. The normalized spacial score (nSPS) is 12.5. The summed E-state index contributed by atoms with van der Waals surface area (Å²) < 4.78 is 10.9. The fourth-order valence-electron chi connectivity index (χ4n) is 2.66. The molecule has 0 fully saturated rings. The number of hydrogen-bond donors (Lipinski definition) is 4. The highest BCUT2D eigenvalue weighted by Gasteiger charge is 2.22. The van der Waals surface area contributed by atoms with E-state index >= 15 is 0 Å². The zero-order valence-corrected chi connectivity index (χ0v) is 16.8. The van der Waals surface area contributed by atoms with Gasteiger partial charge in [-0.1, -0.05) is 25.1 Å². The Balaban J connectivity index is 2.17. The fraction of sp³-hybridized carbons (Fsp3) is 0.227. The van der Waals surface area contributed by atoms with E-state index in [2.05, 4.69) is 5.32 Å². The zero-order valence-electron chi connectivity index (χ0n) is 16.8. The summed E-state index contributed by atoms with van der Waals surface area (Å²) in [5, 5.41) is 29.0. The van der Waals surface area contributed by atoms with Crippen molar-refractivity contribution in [2.75, 3.05) is 18.5 Å². The van der Waals surface area contributed by atoms with E-state index in [9.17, 15) is 9.59 Å². The Bertz CT molecular complexity index is 935. The molecule has 0 saturated carbocycles. The van der Waals surface area contributed by atoms with Crippen LogP contribution in [0.25, 0.3) is 0 Å². The number of nitriles is 1. The number of hydroxylamine groups is 1. The van der Waals surface area contributed by atoms with Crippen molar-refractivity contribution in [1.82, 2.24) is 5.48 Å². The number of nitrogens with one attached hydrogen (secondary N) is 2. The van der Waals surface area contributed by atoms with E-state index in [1.165, 1.54) is 11.6 Å². The summed E-state index contributed by atoms with van der Waals surface area (Å²) in [7, 11) is 0. The minimum Gasteiger partial charge on any atom is -0.491 e. The van der Waals surface area contributed by atoms with Crippen LogP contribution in [-0.2, 0) is 9.53 Å². The quantitative estimate of drug-likeness (QED) is 0.275. The van der Waals surface area contributed by atoms with Crippen LogP contribution >= 0.6 is 0 Å². The first-order valence-electron chi connectivity index (χ1n) is 9.40. The summed E-state index contributed by atoms with van der Waals surface area (Å²) >= 11 is 0. The van der Waals surface area contributed by atoms with Crippen molar-refractivity contribution in [1.29, 1.82) is 5.26 Å². The van der Waals surface area contributed by atoms with Crippen molar-refractivity contribution in [3.63, 3.8) is 0 Å². The van der Waals surface area contributed by atoms with E-state index in [1.807, 2.05) is 6.07 Å². The predicted molar refractivity (Wildman–Crippen MR) is 111 cm³/mol. The van der Waals surface area contributed by atoms with Gasteiger partial charge in [-0.15, -0.1) is 0 Å². The van der Waals surface area contributed by atoms with Crippen LogP contribution in [0.3, 0.4) is 0 Å². The van der Waals surface area contributed by atoms with Crippen LogP contribution in [0.4, 0.5) is 10.5 Å². The van der Waals surface area contributed by atoms with Crippen LogP contribution in [0.2, 0.25) is 0 Å². The van der Waals surface area contributed by atoms with Crippen molar-refractivity contribution in [2.45, 2.75) is 13.0 Å². The highest BCUT2D eigenvalue weighted by Crippen LogP contribution is 2.29. The molecule has 0 bridgehead atoms. The lowest BCUT2D eigenvalue weighted by Crippen LogP contribution is -2.22. The summed E-state index contributed by atoms with van der Waals surface area (Å²) in [6, 6.07) is 15.1. The summed E-state index contributed by atoms with van der Waals surface area (Å²) in [4.78, 5) is 23.8. The van der Waals surface area contributed by atoms with Gasteiger partial charge in [0.2, 0.25) is 0 Å². The van der Waals surface area contributed by atoms with Gasteiger partial charge in [0.15, 0.2) is 0 Å². The highest BCUT2D eigenvalue weighted by molar-refractivity contribution is 5.86. The molecule has 0 aliphatic rings. The number of rotatable bonds is 9. The number of benzene rings is 2. The van der Waals surface area contributed by atoms with Crippen LogP contribution in [0.5, 0.6) is 5.75 Å². The number of aliphatic hydroxyl groups excluding tert-OH is 1. The number of nitrogens with zero attached hydrogens (tertiary/aromatic N) is 1. The second kappa shape index (κ2) is 12.0. The topological polar surface area (TPSA) is 141 Å². The molecule has 9 nitrogen and oxygen atoms in total. The largest absolute Gasteiger partial charge is 0.491 e. The molecule has 0 aliphatic heterocycles. The monoisotopic (exact) mass is 425 g/mol. The van der Waals surface area contributed by atoms with Gasteiger partial charge >= 0.3 is 6.09 Å². The van der Waals surface area contributed by atoms with Gasteiger partial charge in [0.25, 0.3) is 5.91 Å². The molecule has 2 amide bonds. The maximum atomic E-state index is 12.5. The van der Waals surface area contributed by atoms with Crippen LogP contribution in [-0.4, -0.2) is 35.5 Å². The number of carbonyl (C=O) groups is 2. The number of anilines is 1. The van der Waals surface area contributed by atoms with Crippen molar-refractivity contribution in [3.05, 3.63) is 71.8 Å². The zero-order chi connectivity index (χ0) is 22.6. The molecule has 2 rings (SSSR count). The van der Waals surface area contributed by atoms with Gasteiger partial charge in [0, 0.05) is 17.7 Å². The fourth-order valence-corrected chi connectivity index (χ4v) is 2.66. The lowest BCUT2D eigenvalue weighted by Gasteiger charge is -2.23. The first-order chi connectivity index (χ1) is 15.0. The number of carbonyl (C=O) groups excluding carboxylic acids is 2. The lowest BCUT2D eigenvalue weighted by atomic mass is 9.96. The predicted octanol–water partition coefficient (Wildman–Crippen LogP) is 2.92. The molecule has 0 aliphatic carbocycles. The third kappa shape index (κ3) is 7.47. The molecule has 0 aromatic heterocycles. The number of hydrogen-bond acceptors (Lipinski definition) is 7. The minimum atomic E-state index is -0.756. The molecule has 9 heteroatoms. The highest BCUT2D eigenvalue weighted by atomic mass is 16.6. The Morgan fingerprint density at radius 2 is 1.84 bits per heavy atom. The Kier molecular flexibility index (Phi) is 9.04. The Hall–Kier alpha value is -3.87. The average molecular weight is 425 g/mol. The molecule has 162 valence electrons.